The summed E-state index contributed by atoms with van der Waals surface area (Å²) in [6.07, 6.45) is 0. The van der Waals surface area contributed by atoms with E-state index in [9.17, 15) is 8.78 Å². The van der Waals surface area contributed by atoms with E-state index >= 15 is 0 Å². The van der Waals surface area contributed by atoms with Crippen LogP contribution in [0, 0.1) is 18.6 Å². The molecule has 0 heterocycles. The molecule has 0 aliphatic carbocycles. The zero-order valence-corrected chi connectivity index (χ0v) is 9.35. The van der Waals surface area contributed by atoms with Crippen molar-refractivity contribution in [2.45, 2.75) is 6.92 Å². The van der Waals surface area contributed by atoms with Gasteiger partial charge < -0.3 is 0 Å². The Labute approximate surface area is 97.5 Å². The minimum absolute atomic E-state index is 0.462. The third kappa shape index (κ3) is 2.07. The summed E-state index contributed by atoms with van der Waals surface area (Å²) < 4.78 is 26.5. The van der Waals surface area contributed by atoms with Crippen molar-refractivity contribution < 1.29 is 8.78 Å². The van der Waals surface area contributed by atoms with Gasteiger partial charge in [-0.2, -0.15) is 0 Å². The molecule has 82 valence electrons. The topological polar surface area (TPSA) is 0 Å². The quantitative estimate of drug-likeness (QED) is 0.638. The van der Waals surface area contributed by atoms with Gasteiger partial charge in [-0.25, -0.2) is 8.78 Å². The van der Waals surface area contributed by atoms with Crippen LogP contribution in [0.5, 0.6) is 0 Å². The summed E-state index contributed by atoms with van der Waals surface area (Å²) >= 11 is 5.41. The van der Waals surface area contributed by atoms with Crippen LogP contribution in [-0.2, 0) is 0 Å². The van der Waals surface area contributed by atoms with Crippen molar-refractivity contribution in [2.24, 2.45) is 0 Å². The second kappa shape index (κ2) is 4.22. The smallest absolute Gasteiger partial charge is 0.145 e. The van der Waals surface area contributed by atoms with Crippen LogP contribution in [0.2, 0.25) is 5.02 Å². The lowest BCUT2D eigenvalue weighted by Gasteiger charge is -2.04. The molecule has 0 unspecified atom stereocenters. The molecule has 3 heteroatoms. The maximum Gasteiger partial charge on any atom is 0.145 e. The standard InChI is InChI=1S/C13H9ClF2/c1-8-2-4-9(5-3-8)10-6-11(15)13(14)12(16)7-10/h2-7H,1H3. The van der Waals surface area contributed by atoms with Gasteiger partial charge in [0, 0.05) is 0 Å². The molecule has 0 N–H and O–H groups in total. The molecule has 0 spiro atoms. The van der Waals surface area contributed by atoms with Gasteiger partial charge in [0.25, 0.3) is 0 Å². The summed E-state index contributed by atoms with van der Waals surface area (Å²) in [5, 5.41) is -0.462. The first-order valence-electron chi connectivity index (χ1n) is 4.79. The van der Waals surface area contributed by atoms with Crippen LogP contribution in [0.3, 0.4) is 0 Å². The van der Waals surface area contributed by atoms with Gasteiger partial charge in [-0.05, 0) is 30.2 Å². The number of hydrogen-bond donors (Lipinski definition) is 0. The maximum atomic E-state index is 13.2. The minimum atomic E-state index is -0.739. The highest BCUT2D eigenvalue weighted by Gasteiger charge is 2.09. The molecule has 0 aliphatic heterocycles. The van der Waals surface area contributed by atoms with Crippen LogP contribution in [0.15, 0.2) is 36.4 Å². The molecular formula is C13H9ClF2. The molecule has 0 amide bonds. The van der Waals surface area contributed by atoms with Crippen molar-refractivity contribution in [2.75, 3.05) is 0 Å². The van der Waals surface area contributed by atoms with Gasteiger partial charge in [0.2, 0.25) is 0 Å². The Bertz CT molecular complexity index is 495. The van der Waals surface area contributed by atoms with Crippen LogP contribution >= 0.6 is 11.6 Å². The lowest BCUT2D eigenvalue weighted by atomic mass is 10.0. The number of benzene rings is 2. The van der Waals surface area contributed by atoms with Crippen LogP contribution in [0.1, 0.15) is 5.56 Å². The summed E-state index contributed by atoms with van der Waals surface area (Å²) in [5.74, 6) is -1.48. The zero-order chi connectivity index (χ0) is 11.7. The Morgan fingerprint density at radius 1 is 0.875 bits per heavy atom. The highest BCUT2D eigenvalue weighted by molar-refractivity contribution is 6.31. The fourth-order valence-electron chi connectivity index (χ4n) is 1.47. The van der Waals surface area contributed by atoms with Crippen LogP contribution in [-0.4, -0.2) is 0 Å². The van der Waals surface area contributed by atoms with Crippen molar-refractivity contribution in [1.82, 2.24) is 0 Å². The van der Waals surface area contributed by atoms with Gasteiger partial charge in [0.15, 0.2) is 0 Å². The van der Waals surface area contributed by atoms with Crippen LogP contribution in [0.4, 0.5) is 8.78 Å². The largest absolute Gasteiger partial charge is 0.205 e. The second-order valence-electron chi connectivity index (χ2n) is 3.62. The van der Waals surface area contributed by atoms with E-state index < -0.39 is 16.7 Å². The van der Waals surface area contributed by atoms with Crippen molar-refractivity contribution in [3.05, 3.63) is 58.6 Å². The Morgan fingerprint density at radius 3 is 1.88 bits per heavy atom. The van der Waals surface area contributed by atoms with E-state index in [1.165, 1.54) is 12.1 Å². The molecule has 0 bridgehead atoms. The van der Waals surface area contributed by atoms with Crippen molar-refractivity contribution in [1.29, 1.82) is 0 Å². The maximum absolute atomic E-state index is 13.2. The molecule has 0 aromatic heterocycles. The second-order valence-corrected chi connectivity index (χ2v) is 4.00. The molecule has 2 aromatic carbocycles. The fraction of sp³-hybridized carbons (Fsp3) is 0.0769. The highest BCUT2D eigenvalue weighted by atomic mass is 35.5. The average molecular weight is 239 g/mol. The molecule has 2 aromatic rings. The van der Waals surface area contributed by atoms with Gasteiger partial charge >= 0.3 is 0 Å². The Hall–Kier alpha value is -1.41. The Balaban J connectivity index is 2.52. The predicted octanol–water partition coefficient (Wildman–Crippen LogP) is 4.59. The number of halogens is 3. The van der Waals surface area contributed by atoms with E-state index in [0.717, 1.165) is 11.1 Å². The van der Waals surface area contributed by atoms with Crippen molar-refractivity contribution >= 4 is 11.6 Å². The molecule has 0 aliphatic rings. The summed E-state index contributed by atoms with van der Waals surface area (Å²) in [7, 11) is 0. The van der Waals surface area contributed by atoms with E-state index in [-0.39, 0.29) is 0 Å². The molecule has 16 heavy (non-hydrogen) atoms. The summed E-state index contributed by atoms with van der Waals surface area (Å²) in [5.41, 5.74) is 2.35. The number of hydrogen-bond acceptors (Lipinski definition) is 0. The molecule has 0 saturated carbocycles. The molecule has 0 fully saturated rings. The molecule has 0 saturated heterocycles. The first-order valence-corrected chi connectivity index (χ1v) is 5.17. The van der Waals surface area contributed by atoms with Crippen LogP contribution in [0.25, 0.3) is 11.1 Å². The summed E-state index contributed by atoms with van der Waals surface area (Å²) in [6, 6.07) is 9.88. The molecule has 0 nitrogen and oxygen atoms in total. The fourth-order valence-corrected chi connectivity index (χ4v) is 1.58. The lowest BCUT2D eigenvalue weighted by molar-refractivity contribution is 0.585. The minimum Gasteiger partial charge on any atom is -0.205 e. The van der Waals surface area contributed by atoms with Crippen molar-refractivity contribution in [3.63, 3.8) is 0 Å². The van der Waals surface area contributed by atoms with Gasteiger partial charge in [0.05, 0.1) is 0 Å². The molecule has 0 atom stereocenters. The van der Waals surface area contributed by atoms with Gasteiger partial charge in [0.1, 0.15) is 16.7 Å². The highest BCUT2D eigenvalue weighted by Crippen LogP contribution is 2.27. The molecule has 0 radical (unpaired) electrons. The van der Waals surface area contributed by atoms with Gasteiger partial charge in [-0.3, -0.25) is 0 Å². The predicted molar refractivity (Wildman–Crippen MR) is 61.5 cm³/mol. The number of rotatable bonds is 1. The van der Waals surface area contributed by atoms with Gasteiger partial charge in [-0.15, -0.1) is 0 Å². The Morgan fingerprint density at radius 2 is 1.38 bits per heavy atom. The lowest BCUT2D eigenvalue weighted by Crippen LogP contribution is -1.87. The molecular weight excluding hydrogens is 230 g/mol. The third-order valence-electron chi connectivity index (χ3n) is 2.37. The first-order chi connectivity index (χ1) is 7.58. The van der Waals surface area contributed by atoms with Crippen LogP contribution < -0.4 is 0 Å². The zero-order valence-electron chi connectivity index (χ0n) is 8.60. The van der Waals surface area contributed by atoms with E-state index in [4.69, 9.17) is 11.6 Å². The SMILES string of the molecule is Cc1ccc(-c2cc(F)c(Cl)c(F)c2)cc1. The summed E-state index contributed by atoms with van der Waals surface area (Å²) in [4.78, 5) is 0. The summed E-state index contributed by atoms with van der Waals surface area (Å²) in [6.45, 7) is 1.95. The first kappa shape index (κ1) is 11.1. The van der Waals surface area contributed by atoms with E-state index in [1.54, 1.807) is 0 Å². The normalized spacial score (nSPS) is 10.5. The monoisotopic (exact) mass is 238 g/mol. The Kier molecular flexibility index (Phi) is 2.92. The van der Waals surface area contributed by atoms with Gasteiger partial charge in [-0.1, -0.05) is 41.4 Å². The van der Waals surface area contributed by atoms with E-state index in [1.807, 2.05) is 31.2 Å². The number of aryl methyl sites for hydroxylation is 1. The van der Waals surface area contributed by atoms with E-state index in [0.29, 0.717) is 5.56 Å². The third-order valence-corrected chi connectivity index (χ3v) is 2.73. The van der Waals surface area contributed by atoms with Crippen molar-refractivity contribution in [3.8, 4) is 11.1 Å². The van der Waals surface area contributed by atoms with E-state index in [2.05, 4.69) is 0 Å². The molecule has 2 rings (SSSR count). The average Bonchev–Trinajstić information content (AvgIpc) is 2.26.